The number of hydrogen-bond donors (Lipinski definition) is 1. The molecule has 1 aliphatic carbocycles. The second-order valence-corrected chi connectivity index (χ2v) is 2.73. The van der Waals surface area contributed by atoms with E-state index in [4.69, 9.17) is 5.73 Å². The lowest BCUT2D eigenvalue weighted by Crippen LogP contribution is -2.14. The quantitative estimate of drug-likeness (QED) is 0.470. The summed E-state index contributed by atoms with van der Waals surface area (Å²) in [6, 6.07) is 0.426. The Morgan fingerprint density at radius 2 is 1.62 bits per heavy atom. The third kappa shape index (κ3) is 0.920. The van der Waals surface area contributed by atoms with Crippen LogP contribution in [-0.2, 0) is 0 Å². The molecule has 8 heavy (non-hydrogen) atoms. The molecule has 0 amide bonds. The van der Waals surface area contributed by atoms with Gasteiger partial charge in [0.15, 0.2) is 0 Å². The number of nitrogens with two attached hydrogens (primary N) is 1. The smallest absolute Gasteiger partial charge is 0.0113 e. The molecule has 1 aliphatic rings. The van der Waals surface area contributed by atoms with E-state index in [-0.39, 0.29) is 0 Å². The monoisotopic (exact) mass is 111 g/mol. The Morgan fingerprint density at radius 1 is 1.25 bits per heavy atom. The van der Waals surface area contributed by atoms with Crippen molar-refractivity contribution in [1.29, 1.82) is 0 Å². The van der Waals surface area contributed by atoms with Gasteiger partial charge in [0, 0.05) is 6.04 Å². The van der Waals surface area contributed by atoms with Crippen LogP contribution in [0.25, 0.3) is 0 Å². The highest BCUT2D eigenvalue weighted by molar-refractivity contribution is 5.18. The van der Waals surface area contributed by atoms with E-state index in [0.29, 0.717) is 6.04 Å². The molecule has 1 nitrogen and oxygen atoms in total. The van der Waals surface area contributed by atoms with Crippen LogP contribution in [0.5, 0.6) is 0 Å². The van der Waals surface area contributed by atoms with Gasteiger partial charge in [-0.15, -0.1) is 0 Å². The van der Waals surface area contributed by atoms with Gasteiger partial charge in [-0.05, 0) is 26.7 Å². The maximum Gasteiger partial charge on any atom is 0.0113 e. The van der Waals surface area contributed by atoms with Crippen molar-refractivity contribution in [2.45, 2.75) is 32.7 Å². The SMILES string of the molecule is CC1=C(C)CC(N)C1. The van der Waals surface area contributed by atoms with Gasteiger partial charge in [-0.3, -0.25) is 0 Å². The van der Waals surface area contributed by atoms with Gasteiger partial charge >= 0.3 is 0 Å². The van der Waals surface area contributed by atoms with Gasteiger partial charge in [0.05, 0.1) is 0 Å². The first kappa shape index (κ1) is 5.83. The van der Waals surface area contributed by atoms with Crippen molar-refractivity contribution in [3.8, 4) is 0 Å². The molecule has 0 unspecified atom stereocenters. The Hall–Kier alpha value is -0.300. The van der Waals surface area contributed by atoms with Crippen LogP contribution in [0.1, 0.15) is 26.7 Å². The predicted octanol–water partition coefficient (Wildman–Crippen LogP) is 1.44. The maximum absolute atomic E-state index is 5.67. The van der Waals surface area contributed by atoms with Gasteiger partial charge in [-0.1, -0.05) is 11.1 Å². The molecule has 1 rings (SSSR count). The maximum atomic E-state index is 5.67. The van der Waals surface area contributed by atoms with E-state index in [1.165, 1.54) is 11.1 Å². The average Bonchev–Trinajstić information content (AvgIpc) is 1.85. The van der Waals surface area contributed by atoms with Crippen LogP contribution in [0.15, 0.2) is 11.1 Å². The third-order valence-corrected chi connectivity index (χ3v) is 1.87. The van der Waals surface area contributed by atoms with Crippen molar-refractivity contribution in [2.75, 3.05) is 0 Å². The van der Waals surface area contributed by atoms with Crippen LogP contribution >= 0.6 is 0 Å². The zero-order chi connectivity index (χ0) is 6.15. The highest BCUT2D eigenvalue weighted by Gasteiger charge is 2.13. The van der Waals surface area contributed by atoms with Gasteiger partial charge in [-0.2, -0.15) is 0 Å². The molecule has 0 radical (unpaired) electrons. The molecule has 46 valence electrons. The summed E-state index contributed by atoms with van der Waals surface area (Å²) in [7, 11) is 0. The molecule has 0 atom stereocenters. The van der Waals surface area contributed by atoms with Crippen molar-refractivity contribution in [2.24, 2.45) is 5.73 Å². The molecule has 0 fully saturated rings. The Bertz CT molecular complexity index is 110. The molecule has 0 saturated heterocycles. The van der Waals surface area contributed by atoms with Gasteiger partial charge in [0.25, 0.3) is 0 Å². The second-order valence-electron chi connectivity index (χ2n) is 2.73. The minimum Gasteiger partial charge on any atom is -0.327 e. The molecule has 0 aromatic heterocycles. The minimum absolute atomic E-state index is 0.426. The Balaban J connectivity index is 2.60. The van der Waals surface area contributed by atoms with Crippen LogP contribution in [0, 0.1) is 0 Å². The van der Waals surface area contributed by atoms with Crippen LogP contribution in [0.4, 0.5) is 0 Å². The van der Waals surface area contributed by atoms with E-state index < -0.39 is 0 Å². The summed E-state index contributed by atoms with van der Waals surface area (Å²) in [4.78, 5) is 0. The molecular formula is C7H13N. The van der Waals surface area contributed by atoms with Crippen molar-refractivity contribution >= 4 is 0 Å². The van der Waals surface area contributed by atoms with E-state index >= 15 is 0 Å². The lowest BCUT2D eigenvalue weighted by atomic mass is 10.2. The van der Waals surface area contributed by atoms with Crippen molar-refractivity contribution < 1.29 is 0 Å². The zero-order valence-electron chi connectivity index (χ0n) is 5.57. The van der Waals surface area contributed by atoms with E-state index in [9.17, 15) is 0 Å². The van der Waals surface area contributed by atoms with Crippen molar-refractivity contribution in [3.63, 3.8) is 0 Å². The molecule has 0 spiro atoms. The van der Waals surface area contributed by atoms with Crippen LogP contribution in [0.3, 0.4) is 0 Å². The Morgan fingerprint density at radius 3 is 1.75 bits per heavy atom. The lowest BCUT2D eigenvalue weighted by molar-refractivity contribution is 0.712. The van der Waals surface area contributed by atoms with Gasteiger partial charge in [0.2, 0.25) is 0 Å². The summed E-state index contributed by atoms with van der Waals surface area (Å²) in [5, 5.41) is 0. The summed E-state index contributed by atoms with van der Waals surface area (Å²) in [6.07, 6.45) is 2.23. The molecule has 0 bridgehead atoms. The normalized spacial score (nSPS) is 22.9. The van der Waals surface area contributed by atoms with Crippen LogP contribution < -0.4 is 5.73 Å². The zero-order valence-corrected chi connectivity index (χ0v) is 5.57. The van der Waals surface area contributed by atoms with E-state index in [1.807, 2.05) is 0 Å². The van der Waals surface area contributed by atoms with E-state index in [0.717, 1.165) is 12.8 Å². The first-order valence-corrected chi connectivity index (χ1v) is 3.11. The van der Waals surface area contributed by atoms with Crippen molar-refractivity contribution in [1.82, 2.24) is 0 Å². The lowest BCUT2D eigenvalue weighted by Gasteiger charge is -1.96. The Labute approximate surface area is 50.6 Å². The average molecular weight is 111 g/mol. The third-order valence-electron chi connectivity index (χ3n) is 1.87. The van der Waals surface area contributed by atoms with E-state index in [1.54, 1.807) is 0 Å². The van der Waals surface area contributed by atoms with Gasteiger partial charge in [-0.25, -0.2) is 0 Å². The summed E-state index contributed by atoms with van der Waals surface area (Å²) in [6.45, 7) is 4.34. The minimum atomic E-state index is 0.426. The molecule has 1 heteroatoms. The molecule has 0 aliphatic heterocycles. The first-order valence-electron chi connectivity index (χ1n) is 3.11. The fourth-order valence-electron chi connectivity index (χ4n) is 1.21. The molecule has 0 aromatic rings. The molecule has 2 N–H and O–H groups in total. The van der Waals surface area contributed by atoms with E-state index in [2.05, 4.69) is 13.8 Å². The summed E-state index contributed by atoms with van der Waals surface area (Å²) in [5.41, 5.74) is 8.67. The summed E-state index contributed by atoms with van der Waals surface area (Å²) < 4.78 is 0. The molecule has 0 saturated carbocycles. The number of rotatable bonds is 0. The Kier molecular flexibility index (Phi) is 1.39. The number of hydrogen-bond acceptors (Lipinski definition) is 1. The standard InChI is InChI=1S/C7H13N/c1-5-3-7(8)4-6(5)2/h7H,3-4,8H2,1-2H3. The van der Waals surface area contributed by atoms with Crippen LogP contribution in [0.2, 0.25) is 0 Å². The fraction of sp³-hybridized carbons (Fsp3) is 0.714. The topological polar surface area (TPSA) is 26.0 Å². The van der Waals surface area contributed by atoms with Crippen molar-refractivity contribution in [3.05, 3.63) is 11.1 Å². The first-order chi connectivity index (χ1) is 3.70. The van der Waals surface area contributed by atoms with Gasteiger partial charge in [0.1, 0.15) is 0 Å². The molecule has 0 heterocycles. The predicted molar refractivity (Wildman–Crippen MR) is 35.6 cm³/mol. The summed E-state index contributed by atoms with van der Waals surface area (Å²) in [5.74, 6) is 0. The van der Waals surface area contributed by atoms with Gasteiger partial charge < -0.3 is 5.73 Å². The summed E-state index contributed by atoms with van der Waals surface area (Å²) >= 11 is 0. The fourth-order valence-corrected chi connectivity index (χ4v) is 1.21. The molecular weight excluding hydrogens is 98.1 g/mol. The highest BCUT2D eigenvalue weighted by atomic mass is 14.6. The highest BCUT2D eigenvalue weighted by Crippen LogP contribution is 2.23. The van der Waals surface area contributed by atoms with Crippen LogP contribution in [-0.4, -0.2) is 6.04 Å². The largest absolute Gasteiger partial charge is 0.327 e. The second kappa shape index (κ2) is 1.90. The molecule has 0 aromatic carbocycles.